The molecule has 4 rings (SSSR count). The van der Waals surface area contributed by atoms with Gasteiger partial charge in [0.05, 0.1) is 0 Å². The second-order valence-corrected chi connectivity index (χ2v) is 6.75. The van der Waals surface area contributed by atoms with Crippen LogP contribution in [-0.4, -0.2) is 39.0 Å². The van der Waals surface area contributed by atoms with Gasteiger partial charge in [-0.2, -0.15) is 0 Å². The Hall–Kier alpha value is -2.79. The number of carboxylic acid groups (broad SMARTS) is 1. The normalized spacial score (nSPS) is 17.2. The molecule has 0 spiro atoms. The second-order valence-electron chi connectivity index (χ2n) is 6.75. The van der Waals surface area contributed by atoms with E-state index in [1.807, 2.05) is 42.5 Å². The summed E-state index contributed by atoms with van der Waals surface area (Å²) >= 11 is 0. The van der Waals surface area contributed by atoms with Gasteiger partial charge in [-0.05, 0) is 55.8 Å². The molecule has 1 aliphatic heterocycles. The third kappa shape index (κ3) is 3.30. The zero-order valence-electron chi connectivity index (χ0n) is 14.5. The number of carboxylic acids is 1. The minimum atomic E-state index is -0.789. The van der Waals surface area contributed by atoms with E-state index in [0.29, 0.717) is 5.92 Å². The van der Waals surface area contributed by atoms with Crippen LogP contribution in [0, 0.1) is 0 Å². The van der Waals surface area contributed by atoms with Crippen molar-refractivity contribution >= 4 is 17.0 Å². The van der Waals surface area contributed by atoms with Crippen molar-refractivity contribution in [2.45, 2.75) is 24.8 Å². The quantitative estimate of drug-likeness (QED) is 0.780. The van der Waals surface area contributed by atoms with Crippen LogP contribution in [0.4, 0.5) is 0 Å². The molecule has 5 nitrogen and oxygen atoms in total. The highest BCUT2D eigenvalue weighted by Crippen LogP contribution is 2.32. The fourth-order valence-corrected chi connectivity index (χ4v) is 3.79. The van der Waals surface area contributed by atoms with Gasteiger partial charge in [-0.1, -0.05) is 30.3 Å². The molecule has 132 valence electrons. The van der Waals surface area contributed by atoms with Gasteiger partial charge < -0.3 is 5.11 Å². The van der Waals surface area contributed by atoms with Crippen molar-refractivity contribution in [3.05, 3.63) is 72.1 Å². The number of aliphatic carboxylic acids is 1. The number of nitrogens with zero attached hydrogens (tertiary/aromatic N) is 3. The van der Waals surface area contributed by atoms with E-state index in [1.165, 1.54) is 0 Å². The number of piperidine rings is 1. The van der Waals surface area contributed by atoms with Gasteiger partial charge in [0.15, 0.2) is 5.65 Å². The van der Waals surface area contributed by atoms with Gasteiger partial charge >= 0.3 is 5.97 Å². The standard InChI is InChI=1S/C21H21N3O2/c25-21(26)19(16-5-2-1-3-6-16)24-13-10-15(11-14-24)18-9-8-17-7-4-12-22-20(17)23-18/h1-9,12,15,19H,10-11,13-14H2,(H,25,26). The highest BCUT2D eigenvalue weighted by Gasteiger charge is 2.31. The Bertz CT molecular complexity index is 905. The van der Waals surface area contributed by atoms with Crippen molar-refractivity contribution in [3.8, 4) is 0 Å². The molecule has 0 bridgehead atoms. The van der Waals surface area contributed by atoms with Gasteiger partial charge in [-0.3, -0.25) is 9.69 Å². The van der Waals surface area contributed by atoms with Crippen molar-refractivity contribution < 1.29 is 9.90 Å². The molecule has 0 saturated carbocycles. The van der Waals surface area contributed by atoms with Crippen molar-refractivity contribution in [1.29, 1.82) is 0 Å². The number of pyridine rings is 2. The Kier molecular flexibility index (Phi) is 4.63. The van der Waals surface area contributed by atoms with E-state index in [9.17, 15) is 9.90 Å². The number of fused-ring (bicyclic) bond motifs is 1. The number of benzene rings is 1. The molecule has 5 heteroatoms. The Labute approximate surface area is 152 Å². The molecule has 3 heterocycles. The van der Waals surface area contributed by atoms with Crippen LogP contribution in [0.3, 0.4) is 0 Å². The highest BCUT2D eigenvalue weighted by molar-refractivity contribution is 5.75. The molecule has 1 aromatic carbocycles. The zero-order chi connectivity index (χ0) is 17.9. The number of hydrogen-bond acceptors (Lipinski definition) is 4. The molecule has 0 radical (unpaired) electrons. The van der Waals surface area contributed by atoms with Crippen molar-refractivity contribution in [1.82, 2.24) is 14.9 Å². The van der Waals surface area contributed by atoms with Crippen LogP contribution in [0.25, 0.3) is 11.0 Å². The van der Waals surface area contributed by atoms with Crippen LogP contribution in [0.2, 0.25) is 0 Å². The molecule has 1 unspecified atom stereocenters. The predicted octanol–water partition coefficient (Wildman–Crippen LogP) is 3.64. The summed E-state index contributed by atoms with van der Waals surface area (Å²) in [4.78, 5) is 23.0. The van der Waals surface area contributed by atoms with Gasteiger partial charge in [0.1, 0.15) is 6.04 Å². The van der Waals surface area contributed by atoms with E-state index in [-0.39, 0.29) is 0 Å². The van der Waals surface area contributed by atoms with E-state index in [2.05, 4.69) is 22.0 Å². The monoisotopic (exact) mass is 347 g/mol. The number of rotatable bonds is 4. The average molecular weight is 347 g/mol. The Morgan fingerprint density at radius 1 is 1.04 bits per heavy atom. The van der Waals surface area contributed by atoms with E-state index >= 15 is 0 Å². The second kappa shape index (κ2) is 7.22. The summed E-state index contributed by atoms with van der Waals surface area (Å²) in [6, 6.07) is 17.0. The van der Waals surface area contributed by atoms with Gasteiger partial charge in [-0.15, -0.1) is 0 Å². The molecule has 26 heavy (non-hydrogen) atoms. The van der Waals surface area contributed by atoms with Crippen LogP contribution >= 0.6 is 0 Å². The lowest BCUT2D eigenvalue weighted by molar-refractivity contribution is -0.144. The fraction of sp³-hybridized carbons (Fsp3) is 0.286. The third-order valence-electron chi connectivity index (χ3n) is 5.15. The van der Waals surface area contributed by atoms with Crippen LogP contribution in [0.15, 0.2) is 60.8 Å². The first-order valence-electron chi connectivity index (χ1n) is 8.96. The van der Waals surface area contributed by atoms with E-state index in [4.69, 9.17) is 4.98 Å². The summed E-state index contributed by atoms with van der Waals surface area (Å²) in [6.45, 7) is 1.50. The van der Waals surface area contributed by atoms with Crippen LogP contribution in [0.1, 0.15) is 36.1 Å². The van der Waals surface area contributed by atoms with Gasteiger partial charge in [0.25, 0.3) is 0 Å². The van der Waals surface area contributed by atoms with Gasteiger partial charge in [-0.25, -0.2) is 9.97 Å². The number of carbonyl (C=O) groups is 1. The lowest BCUT2D eigenvalue weighted by Crippen LogP contribution is -2.39. The molecule has 2 aromatic heterocycles. The molecule has 3 aromatic rings. The summed E-state index contributed by atoms with van der Waals surface area (Å²) < 4.78 is 0. The minimum Gasteiger partial charge on any atom is -0.480 e. The van der Waals surface area contributed by atoms with Gasteiger partial charge in [0, 0.05) is 23.2 Å². The van der Waals surface area contributed by atoms with Gasteiger partial charge in [0.2, 0.25) is 0 Å². The molecular formula is C21H21N3O2. The molecule has 1 N–H and O–H groups in total. The highest BCUT2D eigenvalue weighted by atomic mass is 16.4. The molecule has 1 saturated heterocycles. The van der Waals surface area contributed by atoms with E-state index in [0.717, 1.165) is 48.2 Å². The Morgan fingerprint density at radius 2 is 1.81 bits per heavy atom. The summed E-state index contributed by atoms with van der Waals surface area (Å²) in [5.41, 5.74) is 2.68. The van der Waals surface area contributed by atoms with Crippen LogP contribution < -0.4 is 0 Å². The van der Waals surface area contributed by atoms with E-state index in [1.54, 1.807) is 6.20 Å². The largest absolute Gasteiger partial charge is 0.480 e. The summed E-state index contributed by atoms with van der Waals surface area (Å²) in [7, 11) is 0. The maximum Gasteiger partial charge on any atom is 0.325 e. The third-order valence-corrected chi connectivity index (χ3v) is 5.15. The number of aromatic nitrogens is 2. The average Bonchev–Trinajstić information content (AvgIpc) is 2.69. The zero-order valence-corrected chi connectivity index (χ0v) is 14.5. The summed E-state index contributed by atoms with van der Waals surface area (Å²) in [5, 5.41) is 10.8. The first-order chi connectivity index (χ1) is 12.7. The van der Waals surface area contributed by atoms with Crippen LogP contribution in [-0.2, 0) is 4.79 Å². The van der Waals surface area contributed by atoms with Crippen molar-refractivity contribution in [2.24, 2.45) is 0 Å². The SMILES string of the molecule is O=C(O)C(c1ccccc1)N1CCC(c2ccc3cccnc3n2)CC1. The van der Waals surface area contributed by atoms with Crippen LogP contribution in [0.5, 0.6) is 0 Å². The van der Waals surface area contributed by atoms with E-state index < -0.39 is 12.0 Å². The Balaban J connectivity index is 1.49. The molecule has 1 atom stereocenters. The molecule has 1 aliphatic rings. The lowest BCUT2D eigenvalue weighted by atomic mass is 9.91. The maximum absolute atomic E-state index is 11.8. The smallest absolute Gasteiger partial charge is 0.325 e. The molecule has 1 fully saturated rings. The predicted molar refractivity (Wildman–Crippen MR) is 99.9 cm³/mol. The summed E-state index contributed by atoms with van der Waals surface area (Å²) in [6.07, 6.45) is 3.57. The maximum atomic E-state index is 11.8. The lowest BCUT2D eigenvalue weighted by Gasteiger charge is -2.35. The molecule has 0 aliphatic carbocycles. The summed E-state index contributed by atoms with van der Waals surface area (Å²) in [5.74, 6) is -0.439. The minimum absolute atomic E-state index is 0.350. The first kappa shape index (κ1) is 16.7. The van der Waals surface area contributed by atoms with Crippen molar-refractivity contribution in [2.75, 3.05) is 13.1 Å². The fourth-order valence-electron chi connectivity index (χ4n) is 3.79. The molecular weight excluding hydrogens is 326 g/mol. The number of hydrogen-bond donors (Lipinski definition) is 1. The Morgan fingerprint density at radius 3 is 2.54 bits per heavy atom. The number of likely N-dealkylation sites (tertiary alicyclic amines) is 1. The molecule has 0 amide bonds. The van der Waals surface area contributed by atoms with Crippen molar-refractivity contribution in [3.63, 3.8) is 0 Å². The topological polar surface area (TPSA) is 66.3 Å². The first-order valence-corrected chi connectivity index (χ1v) is 8.96.